The van der Waals surface area contributed by atoms with Crippen LogP contribution in [-0.2, 0) is 6.61 Å². The van der Waals surface area contributed by atoms with Gasteiger partial charge in [-0.15, -0.1) is 0 Å². The largest absolute Gasteiger partial charge is 0.473 e. The Balaban J connectivity index is 1.83. The topological polar surface area (TPSA) is 55.0 Å². The summed E-state index contributed by atoms with van der Waals surface area (Å²) in [7, 11) is 0. The lowest BCUT2D eigenvalue weighted by Gasteiger charge is -2.08. The monoisotopic (exact) mass is 348 g/mol. The summed E-state index contributed by atoms with van der Waals surface area (Å²) < 4.78 is 33.0. The molecule has 0 saturated heterocycles. The number of benzene rings is 1. The standard InChI is InChI=1S/C17H11ClF2N2O2/c18-11-5-4-10(13(19)6-11)9-24-17-3-1-2-15(22-17)12-7-16(23)21-8-14(12)20/h1-8H,9H2,(H,21,23). The van der Waals surface area contributed by atoms with Gasteiger partial charge in [-0.1, -0.05) is 23.7 Å². The zero-order valence-electron chi connectivity index (χ0n) is 12.2. The Morgan fingerprint density at radius 3 is 2.75 bits per heavy atom. The van der Waals surface area contributed by atoms with Gasteiger partial charge < -0.3 is 9.72 Å². The number of aromatic nitrogens is 2. The van der Waals surface area contributed by atoms with Crippen LogP contribution in [0.1, 0.15) is 5.56 Å². The van der Waals surface area contributed by atoms with E-state index in [-0.39, 0.29) is 23.7 Å². The molecule has 0 bridgehead atoms. The van der Waals surface area contributed by atoms with Gasteiger partial charge in [0.15, 0.2) is 0 Å². The number of H-pyrrole nitrogens is 1. The van der Waals surface area contributed by atoms with Crippen molar-refractivity contribution < 1.29 is 13.5 Å². The fourth-order valence-corrected chi connectivity index (χ4v) is 2.24. The number of nitrogens with one attached hydrogen (secondary N) is 1. The third kappa shape index (κ3) is 3.60. The van der Waals surface area contributed by atoms with Gasteiger partial charge in [-0.05, 0) is 18.2 Å². The molecule has 3 rings (SSSR count). The van der Waals surface area contributed by atoms with Crippen molar-refractivity contribution in [1.82, 2.24) is 9.97 Å². The van der Waals surface area contributed by atoms with E-state index in [1.807, 2.05) is 0 Å². The number of hydrogen-bond donors (Lipinski definition) is 1. The van der Waals surface area contributed by atoms with Crippen LogP contribution in [0.5, 0.6) is 5.88 Å². The van der Waals surface area contributed by atoms with Gasteiger partial charge in [0.1, 0.15) is 18.2 Å². The predicted octanol–water partition coefficient (Wildman–Crippen LogP) is 3.95. The maximum absolute atomic E-state index is 13.8. The molecule has 4 nitrogen and oxygen atoms in total. The van der Waals surface area contributed by atoms with E-state index in [1.165, 1.54) is 12.1 Å². The first kappa shape index (κ1) is 16.1. The summed E-state index contributed by atoms with van der Waals surface area (Å²) in [6.07, 6.45) is 0.968. The molecule has 0 aliphatic heterocycles. The van der Waals surface area contributed by atoms with Crippen LogP contribution in [-0.4, -0.2) is 9.97 Å². The molecule has 0 amide bonds. The molecular weight excluding hydrogens is 338 g/mol. The Hall–Kier alpha value is -2.73. The first-order chi connectivity index (χ1) is 11.5. The van der Waals surface area contributed by atoms with Gasteiger partial charge in [0.2, 0.25) is 11.4 Å². The predicted molar refractivity (Wildman–Crippen MR) is 86.0 cm³/mol. The maximum Gasteiger partial charge on any atom is 0.248 e. The molecule has 0 aliphatic carbocycles. The molecule has 0 atom stereocenters. The lowest BCUT2D eigenvalue weighted by atomic mass is 10.1. The minimum atomic E-state index is -0.608. The minimum Gasteiger partial charge on any atom is -0.473 e. The highest BCUT2D eigenvalue weighted by molar-refractivity contribution is 6.30. The quantitative estimate of drug-likeness (QED) is 0.776. The molecule has 0 saturated carbocycles. The van der Waals surface area contributed by atoms with Crippen LogP contribution in [0, 0.1) is 11.6 Å². The molecule has 1 N–H and O–H groups in total. The maximum atomic E-state index is 13.8. The van der Waals surface area contributed by atoms with Crippen molar-refractivity contribution in [1.29, 1.82) is 0 Å². The molecule has 0 fully saturated rings. The van der Waals surface area contributed by atoms with Crippen molar-refractivity contribution in [2.24, 2.45) is 0 Å². The summed E-state index contributed by atoms with van der Waals surface area (Å²) in [5, 5.41) is 0.293. The molecule has 0 spiro atoms. The number of rotatable bonds is 4. The van der Waals surface area contributed by atoms with Crippen LogP contribution in [0.4, 0.5) is 8.78 Å². The number of ether oxygens (including phenoxy) is 1. The molecule has 3 aromatic rings. The van der Waals surface area contributed by atoms with E-state index in [0.717, 1.165) is 12.3 Å². The second-order valence-corrected chi connectivity index (χ2v) is 5.38. The molecule has 24 heavy (non-hydrogen) atoms. The molecule has 7 heteroatoms. The number of hydrogen-bond acceptors (Lipinski definition) is 3. The smallest absolute Gasteiger partial charge is 0.248 e. The molecule has 0 aliphatic rings. The van der Waals surface area contributed by atoms with E-state index in [0.29, 0.717) is 10.6 Å². The summed E-state index contributed by atoms with van der Waals surface area (Å²) in [5.41, 5.74) is 0.172. The summed E-state index contributed by atoms with van der Waals surface area (Å²) >= 11 is 5.69. The first-order valence-corrected chi connectivity index (χ1v) is 7.33. The first-order valence-electron chi connectivity index (χ1n) is 6.95. The average molecular weight is 349 g/mol. The summed E-state index contributed by atoms with van der Waals surface area (Å²) in [6, 6.07) is 10.1. The lowest BCUT2D eigenvalue weighted by Crippen LogP contribution is -2.06. The molecule has 0 unspecified atom stereocenters. The van der Waals surface area contributed by atoms with Crippen molar-refractivity contribution in [2.75, 3.05) is 0 Å². The normalized spacial score (nSPS) is 10.6. The molecule has 0 radical (unpaired) electrons. The fourth-order valence-electron chi connectivity index (χ4n) is 2.09. The van der Waals surface area contributed by atoms with Gasteiger partial charge >= 0.3 is 0 Å². The number of nitrogens with zero attached hydrogens (tertiary/aromatic N) is 1. The fraction of sp³-hybridized carbons (Fsp3) is 0.0588. The Kier molecular flexibility index (Phi) is 4.57. The van der Waals surface area contributed by atoms with Crippen LogP contribution in [0.3, 0.4) is 0 Å². The van der Waals surface area contributed by atoms with E-state index >= 15 is 0 Å². The number of aromatic amines is 1. The molecular formula is C17H11ClF2N2O2. The minimum absolute atomic E-state index is 0.0573. The van der Waals surface area contributed by atoms with Crippen molar-refractivity contribution in [3.63, 3.8) is 0 Å². The van der Waals surface area contributed by atoms with Gasteiger partial charge in [0.25, 0.3) is 0 Å². The highest BCUT2D eigenvalue weighted by atomic mass is 35.5. The molecule has 2 aromatic heterocycles. The van der Waals surface area contributed by atoms with Crippen molar-refractivity contribution in [2.45, 2.75) is 6.61 Å². The Bertz CT molecular complexity index is 944. The van der Waals surface area contributed by atoms with Crippen LogP contribution in [0.25, 0.3) is 11.3 Å². The highest BCUT2D eigenvalue weighted by Gasteiger charge is 2.09. The van der Waals surface area contributed by atoms with E-state index < -0.39 is 17.2 Å². The second-order valence-electron chi connectivity index (χ2n) is 4.94. The average Bonchev–Trinajstić information content (AvgIpc) is 2.56. The Morgan fingerprint density at radius 2 is 1.96 bits per heavy atom. The van der Waals surface area contributed by atoms with Gasteiger partial charge in [-0.3, -0.25) is 4.79 Å². The molecule has 1 aromatic carbocycles. The highest BCUT2D eigenvalue weighted by Crippen LogP contribution is 2.22. The van der Waals surface area contributed by atoms with Gasteiger partial charge in [0, 0.05) is 34.5 Å². The van der Waals surface area contributed by atoms with Crippen molar-refractivity contribution in [3.8, 4) is 17.1 Å². The van der Waals surface area contributed by atoms with E-state index in [1.54, 1.807) is 24.3 Å². The van der Waals surface area contributed by atoms with Crippen molar-refractivity contribution >= 4 is 11.6 Å². The SMILES string of the molecule is O=c1cc(-c2cccc(OCc3ccc(Cl)cc3F)n2)c(F)c[nH]1. The zero-order chi connectivity index (χ0) is 17.1. The lowest BCUT2D eigenvalue weighted by molar-refractivity contribution is 0.288. The van der Waals surface area contributed by atoms with E-state index in [2.05, 4.69) is 9.97 Å². The Morgan fingerprint density at radius 1 is 1.12 bits per heavy atom. The number of pyridine rings is 2. The van der Waals surface area contributed by atoms with Crippen LogP contribution < -0.4 is 10.3 Å². The summed E-state index contributed by atoms with van der Waals surface area (Å²) in [6.45, 7) is -0.0582. The van der Waals surface area contributed by atoms with Gasteiger partial charge in [-0.2, -0.15) is 0 Å². The third-order valence-electron chi connectivity index (χ3n) is 3.26. The number of halogens is 3. The van der Waals surface area contributed by atoms with Crippen molar-refractivity contribution in [3.05, 3.63) is 81.2 Å². The van der Waals surface area contributed by atoms with Gasteiger partial charge in [-0.25, -0.2) is 13.8 Å². The Labute approximate surface area is 140 Å². The van der Waals surface area contributed by atoms with E-state index in [4.69, 9.17) is 16.3 Å². The molecule has 122 valence electrons. The second kappa shape index (κ2) is 6.80. The molecule has 2 heterocycles. The van der Waals surface area contributed by atoms with Crippen LogP contribution >= 0.6 is 11.6 Å². The zero-order valence-corrected chi connectivity index (χ0v) is 13.0. The summed E-state index contributed by atoms with van der Waals surface area (Å²) in [4.78, 5) is 17.7. The third-order valence-corrected chi connectivity index (χ3v) is 3.50. The van der Waals surface area contributed by atoms with Gasteiger partial charge in [0.05, 0.1) is 5.69 Å². The van der Waals surface area contributed by atoms with E-state index in [9.17, 15) is 13.6 Å². The summed E-state index contributed by atoms with van der Waals surface area (Å²) in [5.74, 6) is -0.913. The van der Waals surface area contributed by atoms with Crippen LogP contribution in [0.2, 0.25) is 5.02 Å². The van der Waals surface area contributed by atoms with Crippen LogP contribution in [0.15, 0.2) is 53.5 Å².